The zero-order valence-corrected chi connectivity index (χ0v) is 8.94. The third kappa shape index (κ3) is 2.74. The molecule has 0 spiro atoms. The molecule has 0 fully saturated rings. The lowest BCUT2D eigenvalue weighted by Gasteiger charge is -2.24. The van der Waals surface area contributed by atoms with Gasteiger partial charge in [0.25, 0.3) is 0 Å². The SMILES string of the molecule is CCOC1CSC(C(C)=O)=C(C)O1. The molecule has 1 aliphatic heterocycles. The number of rotatable bonds is 3. The second kappa shape index (κ2) is 4.67. The Bertz CT molecular complexity index is 235. The van der Waals surface area contributed by atoms with Crippen LogP contribution in [0, 0.1) is 0 Å². The minimum atomic E-state index is -0.196. The molecule has 0 radical (unpaired) electrons. The normalized spacial score (nSPS) is 22.8. The topological polar surface area (TPSA) is 35.5 Å². The van der Waals surface area contributed by atoms with Gasteiger partial charge in [-0.3, -0.25) is 4.79 Å². The van der Waals surface area contributed by atoms with Gasteiger partial charge in [-0.15, -0.1) is 11.8 Å². The molecule has 4 heteroatoms. The van der Waals surface area contributed by atoms with E-state index in [-0.39, 0.29) is 12.1 Å². The summed E-state index contributed by atoms with van der Waals surface area (Å²) in [6.07, 6.45) is -0.196. The maximum absolute atomic E-state index is 11.1. The van der Waals surface area contributed by atoms with Crippen molar-refractivity contribution in [1.29, 1.82) is 0 Å². The molecule has 0 amide bonds. The molecule has 0 saturated carbocycles. The van der Waals surface area contributed by atoms with Crippen LogP contribution in [0.4, 0.5) is 0 Å². The summed E-state index contributed by atoms with van der Waals surface area (Å²) in [6.45, 7) is 5.91. The maximum Gasteiger partial charge on any atom is 0.208 e. The van der Waals surface area contributed by atoms with Crippen molar-refractivity contribution in [3.8, 4) is 0 Å². The molecular formula is C9H14O3S. The van der Waals surface area contributed by atoms with E-state index in [0.717, 1.165) is 4.91 Å². The Morgan fingerprint density at radius 1 is 1.77 bits per heavy atom. The first kappa shape index (κ1) is 10.6. The Kier molecular flexibility index (Phi) is 3.81. The standard InChI is InChI=1S/C9H14O3S/c1-4-11-8-5-13-9(6(2)10)7(3)12-8/h8H,4-5H2,1-3H3. The molecule has 1 unspecified atom stereocenters. The zero-order valence-electron chi connectivity index (χ0n) is 8.12. The van der Waals surface area contributed by atoms with Crippen LogP contribution in [-0.4, -0.2) is 24.4 Å². The van der Waals surface area contributed by atoms with Gasteiger partial charge < -0.3 is 9.47 Å². The van der Waals surface area contributed by atoms with E-state index in [2.05, 4.69) is 0 Å². The first-order valence-electron chi connectivity index (χ1n) is 4.28. The second-order valence-electron chi connectivity index (χ2n) is 2.76. The summed E-state index contributed by atoms with van der Waals surface area (Å²) >= 11 is 1.51. The van der Waals surface area contributed by atoms with Crippen LogP contribution >= 0.6 is 11.8 Å². The fraction of sp³-hybridized carbons (Fsp3) is 0.667. The number of hydrogen-bond acceptors (Lipinski definition) is 4. The predicted molar refractivity (Wildman–Crippen MR) is 52.3 cm³/mol. The van der Waals surface area contributed by atoms with E-state index in [1.54, 1.807) is 13.8 Å². The van der Waals surface area contributed by atoms with E-state index >= 15 is 0 Å². The van der Waals surface area contributed by atoms with Crippen LogP contribution in [0.2, 0.25) is 0 Å². The molecule has 0 bridgehead atoms. The van der Waals surface area contributed by atoms with Crippen molar-refractivity contribution in [2.75, 3.05) is 12.4 Å². The molecule has 0 aromatic carbocycles. The molecule has 0 aliphatic carbocycles. The predicted octanol–water partition coefficient (Wildman–Crippen LogP) is 1.93. The lowest BCUT2D eigenvalue weighted by Crippen LogP contribution is -2.24. The molecule has 0 N–H and O–H groups in total. The molecule has 1 heterocycles. The summed E-state index contributed by atoms with van der Waals surface area (Å²) in [5, 5.41) is 0. The van der Waals surface area contributed by atoms with Gasteiger partial charge in [-0.25, -0.2) is 0 Å². The molecule has 0 aromatic rings. The van der Waals surface area contributed by atoms with Gasteiger partial charge in [0.1, 0.15) is 5.76 Å². The van der Waals surface area contributed by atoms with Crippen LogP contribution in [0.3, 0.4) is 0 Å². The van der Waals surface area contributed by atoms with E-state index in [1.165, 1.54) is 11.8 Å². The maximum atomic E-state index is 11.1. The monoisotopic (exact) mass is 202 g/mol. The molecule has 1 atom stereocenters. The van der Waals surface area contributed by atoms with Gasteiger partial charge >= 0.3 is 0 Å². The molecular weight excluding hydrogens is 188 g/mol. The van der Waals surface area contributed by atoms with Crippen molar-refractivity contribution in [2.24, 2.45) is 0 Å². The van der Waals surface area contributed by atoms with Crippen LogP contribution < -0.4 is 0 Å². The summed E-state index contributed by atoms with van der Waals surface area (Å²) < 4.78 is 10.7. The van der Waals surface area contributed by atoms with Crippen molar-refractivity contribution in [1.82, 2.24) is 0 Å². The number of Topliss-reactive ketones (excluding diaryl/α,β-unsaturated/α-hetero) is 1. The summed E-state index contributed by atoms with van der Waals surface area (Å²) in [4.78, 5) is 11.8. The summed E-state index contributed by atoms with van der Waals surface area (Å²) in [5.74, 6) is 1.44. The van der Waals surface area contributed by atoms with Crippen molar-refractivity contribution >= 4 is 17.5 Å². The fourth-order valence-electron chi connectivity index (χ4n) is 1.16. The lowest BCUT2D eigenvalue weighted by molar-refractivity contribution is -0.115. The number of ether oxygens (including phenoxy) is 2. The Hall–Kier alpha value is -0.480. The van der Waals surface area contributed by atoms with Crippen LogP contribution in [0.5, 0.6) is 0 Å². The highest BCUT2D eigenvalue weighted by Gasteiger charge is 2.22. The third-order valence-corrected chi connectivity index (χ3v) is 2.97. The van der Waals surface area contributed by atoms with Crippen molar-refractivity contribution in [3.63, 3.8) is 0 Å². The molecule has 1 aliphatic rings. The van der Waals surface area contributed by atoms with Gasteiger partial charge in [0.05, 0.1) is 10.7 Å². The first-order chi connectivity index (χ1) is 6.15. The Morgan fingerprint density at radius 3 is 2.92 bits per heavy atom. The summed E-state index contributed by atoms with van der Waals surface area (Å²) in [5.41, 5.74) is 0. The van der Waals surface area contributed by atoms with Crippen molar-refractivity contribution < 1.29 is 14.3 Å². The molecule has 3 nitrogen and oxygen atoms in total. The van der Waals surface area contributed by atoms with Crippen LogP contribution in [0.15, 0.2) is 10.7 Å². The van der Waals surface area contributed by atoms with Crippen LogP contribution in [0.25, 0.3) is 0 Å². The van der Waals surface area contributed by atoms with Gasteiger partial charge in [0.2, 0.25) is 6.29 Å². The molecule has 1 rings (SSSR count). The Balaban J connectivity index is 2.61. The number of allylic oxidation sites excluding steroid dienone is 2. The largest absolute Gasteiger partial charge is 0.467 e. The third-order valence-electron chi connectivity index (χ3n) is 1.66. The summed E-state index contributed by atoms with van der Waals surface area (Å²) in [7, 11) is 0. The minimum Gasteiger partial charge on any atom is -0.467 e. The highest BCUT2D eigenvalue weighted by Crippen LogP contribution is 2.29. The smallest absolute Gasteiger partial charge is 0.208 e. The molecule has 13 heavy (non-hydrogen) atoms. The molecule has 0 aromatic heterocycles. The van der Waals surface area contributed by atoms with Gasteiger partial charge in [-0.1, -0.05) is 0 Å². The van der Waals surface area contributed by atoms with Crippen molar-refractivity contribution in [3.05, 3.63) is 10.7 Å². The average molecular weight is 202 g/mol. The number of carbonyl (C=O) groups excluding carboxylic acids is 1. The number of thioether (sulfide) groups is 1. The van der Waals surface area contributed by atoms with Gasteiger partial charge in [-0.05, 0) is 20.8 Å². The highest BCUT2D eigenvalue weighted by molar-refractivity contribution is 8.04. The summed E-state index contributed by atoms with van der Waals surface area (Å²) in [6, 6.07) is 0. The van der Waals surface area contributed by atoms with Crippen LogP contribution in [0.1, 0.15) is 20.8 Å². The van der Waals surface area contributed by atoms with Gasteiger partial charge in [0, 0.05) is 6.61 Å². The number of carbonyl (C=O) groups is 1. The van der Waals surface area contributed by atoms with Crippen LogP contribution in [-0.2, 0) is 14.3 Å². The van der Waals surface area contributed by atoms with Gasteiger partial charge in [-0.2, -0.15) is 0 Å². The minimum absolute atomic E-state index is 0.0671. The number of hydrogen-bond donors (Lipinski definition) is 0. The average Bonchev–Trinajstić information content (AvgIpc) is 2.04. The van der Waals surface area contributed by atoms with Crippen molar-refractivity contribution in [2.45, 2.75) is 27.1 Å². The number of ketones is 1. The lowest BCUT2D eigenvalue weighted by atomic mass is 10.3. The Labute approximate surface area is 82.5 Å². The van der Waals surface area contributed by atoms with E-state index in [9.17, 15) is 4.79 Å². The fourth-order valence-corrected chi connectivity index (χ4v) is 2.08. The molecule has 0 saturated heterocycles. The van der Waals surface area contributed by atoms with E-state index < -0.39 is 0 Å². The Morgan fingerprint density at radius 2 is 2.46 bits per heavy atom. The van der Waals surface area contributed by atoms with E-state index in [0.29, 0.717) is 18.1 Å². The molecule has 74 valence electrons. The second-order valence-corrected chi connectivity index (χ2v) is 3.79. The first-order valence-corrected chi connectivity index (χ1v) is 5.26. The van der Waals surface area contributed by atoms with Gasteiger partial charge in [0.15, 0.2) is 5.78 Å². The quantitative estimate of drug-likeness (QED) is 0.700. The highest BCUT2D eigenvalue weighted by atomic mass is 32.2. The van der Waals surface area contributed by atoms with E-state index in [4.69, 9.17) is 9.47 Å². The van der Waals surface area contributed by atoms with E-state index in [1.807, 2.05) is 6.92 Å². The zero-order chi connectivity index (χ0) is 9.84.